The zero-order valence-electron chi connectivity index (χ0n) is 18.0. The molecule has 0 aliphatic carbocycles. The third-order valence-electron chi connectivity index (χ3n) is 6.59. The molecule has 0 bridgehead atoms. The Balaban J connectivity index is 1.68. The normalized spacial score (nSPS) is 22.6. The Morgan fingerprint density at radius 3 is 2.28 bits per heavy atom. The highest BCUT2D eigenvalue weighted by Crippen LogP contribution is 2.36. The van der Waals surface area contributed by atoms with E-state index >= 15 is 0 Å². The topological polar surface area (TPSA) is 53.1 Å². The van der Waals surface area contributed by atoms with E-state index in [0.717, 1.165) is 57.9 Å². The Bertz CT molecular complexity index is 669. The lowest BCUT2D eigenvalue weighted by Crippen LogP contribution is -2.43. The fourth-order valence-corrected chi connectivity index (χ4v) is 4.82. The van der Waals surface area contributed by atoms with Crippen molar-refractivity contribution in [1.29, 1.82) is 0 Å². The summed E-state index contributed by atoms with van der Waals surface area (Å²) in [5, 5.41) is 0. The van der Waals surface area contributed by atoms with E-state index in [9.17, 15) is 9.59 Å². The van der Waals surface area contributed by atoms with Gasteiger partial charge in [-0.05, 0) is 50.7 Å². The van der Waals surface area contributed by atoms with Crippen molar-refractivity contribution in [2.75, 3.05) is 45.9 Å². The molecule has 3 rings (SSSR count). The van der Waals surface area contributed by atoms with Crippen LogP contribution < -0.4 is 4.74 Å². The van der Waals surface area contributed by atoms with Gasteiger partial charge in [0.1, 0.15) is 5.75 Å². The maximum atomic E-state index is 13.0. The number of carbonyl (C=O) groups excluding carboxylic acids is 2. The lowest BCUT2D eigenvalue weighted by molar-refractivity contribution is -0.130. The van der Waals surface area contributed by atoms with Crippen molar-refractivity contribution >= 4 is 11.9 Å². The van der Waals surface area contributed by atoms with Crippen molar-refractivity contribution in [2.45, 2.75) is 33.6 Å². The van der Waals surface area contributed by atoms with Gasteiger partial charge in [0.25, 0.3) is 0 Å². The van der Waals surface area contributed by atoms with Crippen molar-refractivity contribution < 1.29 is 14.3 Å². The minimum atomic E-state index is 0.142. The second-order valence-corrected chi connectivity index (χ2v) is 8.25. The Morgan fingerprint density at radius 2 is 1.69 bits per heavy atom. The van der Waals surface area contributed by atoms with Gasteiger partial charge in [0.2, 0.25) is 5.91 Å². The van der Waals surface area contributed by atoms with Crippen LogP contribution in [0.25, 0.3) is 0 Å². The maximum Gasteiger partial charge on any atom is 0.319 e. The molecule has 1 aromatic rings. The van der Waals surface area contributed by atoms with E-state index in [1.165, 1.54) is 0 Å². The molecule has 0 aromatic heterocycles. The van der Waals surface area contributed by atoms with Crippen LogP contribution in [0.4, 0.5) is 4.79 Å². The predicted octanol–water partition coefficient (Wildman–Crippen LogP) is 3.33. The van der Waals surface area contributed by atoms with Gasteiger partial charge in [0.05, 0.1) is 6.61 Å². The zero-order chi connectivity index (χ0) is 20.8. The molecule has 0 spiro atoms. The summed E-state index contributed by atoms with van der Waals surface area (Å²) in [6.45, 7) is 11.0. The van der Waals surface area contributed by atoms with Gasteiger partial charge in [-0.25, -0.2) is 4.79 Å². The number of carbonyl (C=O) groups is 2. The molecular weight excluding hydrogens is 366 g/mol. The summed E-state index contributed by atoms with van der Waals surface area (Å²) in [4.78, 5) is 30.5. The molecule has 160 valence electrons. The number of hydrogen-bond donors (Lipinski definition) is 0. The second-order valence-electron chi connectivity index (χ2n) is 8.25. The Morgan fingerprint density at radius 1 is 1.03 bits per heavy atom. The number of nitrogens with zero attached hydrogens (tertiary/aromatic N) is 3. The van der Waals surface area contributed by atoms with E-state index in [2.05, 4.69) is 0 Å². The number of piperidine rings is 1. The van der Waals surface area contributed by atoms with E-state index in [-0.39, 0.29) is 11.9 Å². The van der Waals surface area contributed by atoms with Gasteiger partial charge in [-0.3, -0.25) is 4.79 Å². The van der Waals surface area contributed by atoms with Gasteiger partial charge in [0, 0.05) is 52.1 Å². The number of rotatable bonds is 6. The number of hydrogen-bond acceptors (Lipinski definition) is 3. The molecule has 0 unspecified atom stereocenters. The first-order chi connectivity index (χ1) is 14.0. The summed E-state index contributed by atoms with van der Waals surface area (Å²) in [6.07, 6.45) is 2.03. The molecule has 2 aliphatic rings. The highest BCUT2D eigenvalue weighted by atomic mass is 16.5. The summed E-state index contributed by atoms with van der Waals surface area (Å²) in [5.41, 5.74) is 0. The minimum absolute atomic E-state index is 0.142. The summed E-state index contributed by atoms with van der Waals surface area (Å²) in [5.74, 6) is 2.32. The summed E-state index contributed by atoms with van der Waals surface area (Å²) < 4.78 is 6.10. The molecule has 1 aromatic carbocycles. The molecule has 0 radical (unpaired) electrons. The standard InChI is InChI=1S/C23H35N3O3/c1-4-24(5-2)23(28)26-15-20(17-29-21-9-7-6-8-10-21)22(16-26)19-11-13-25(14-12-19)18(3)27/h6-10,19-20,22H,4-5,11-17H2,1-3H3/t20-,22-/m0/s1. The average Bonchev–Trinajstić information content (AvgIpc) is 3.18. The molecule has 2 aliphatic heterocycles. The van der Waals surface area contributed by atoms with Crippen LogP contribution in [-0.2, 0) is 4.79 Å². The fraction of sp³-hybridized carbons (Fsp3) is 0.652. The van der Waals surface area contributed by atoms with E-state index in [1.54, 1.807) is 6.92 Å². The molecule has 2 fully saturated rings. The van der Waals surface area contributed by atoms with E-state index in [1.807, 2.05) is 58.9 Å². The van der Waals surface area contributed by atoms with Crippen LogP contribution in [0.15, 0.2) is 30.3 Å². The third kappa shape index (κ3) is 5.22. The molecule has 2 saturated heterocycles. The number of para-hydroxylation sites is 1. The Kier molecular flexibility index (Phi) is 7.40. The highest BCUT2D eigenvalue weighted by molar-refractivity contribution is 5.75. The number of likely N-dealkylation sites (tertiary alicyclic amines) is 2. The van der Waals surface area contributed by atoms with Gasteiger partial charge in [-0.1, -0.05) is 18.2 Å². The first kappa shape index (κ1) is 21.5. The lowest BCUT2D eigenvalue weighted by atomic mass is 9.78. The van der Waals surface area contributed by atoms with Crippen molar-refractivity contribution in [2.24, 2.45) is 17.8 Å². The molecule has 2 heterocycles. The van der Waals surface area contributed by atoms with E-state index in [4.69, 9.17) is 4.74 Å². The average molecular weight is 402 g/mol. The van der Waals surface area contributed by atoms with E-state index in [0.29, 0.717) is 24.4 Å². The number of urea groups is 1. The SMILES string of the molecule is CCN(CC)C(=O)N1C[C@@H](COc2ccccc2)[C@H](C2CCN(C(C)=O)CC2)C1. The van der Waals surface area contributed by atoms with Gasteiger partial charge < -0.3 is 19.4 Å². The fourth-order valence-electron chi connectivity index (χ4n) is 4.82. The molecule has 3 amide bonds. The van der Waals surface area contributed by atoms with Crippen molar-refractivity contribution in [1.82, 2.24) is 14.7 Å². The van der Waals surface area contributed by atoms with Gasteiger partial charge in [-0.2, -0.15) is 0 Å². The molecular formula is C23H35N3O3. The summed E-state index contributed by atoms with van der Waals surface area (Å²) in [6, 6.07) is 10.0. The van der Waals surface area contributed by atoms with E-state index < -0.39 is 0 Å². The first-order valence-corrected chi connectivity index (χ1v) is 11.0. The summed E-state index contributed by atoms with van der Waals surface area (Å²) >= 11 is 0. The van der Waals surface area contributed by atoms with Crippen LogP contribution in [-0.4, -0.2) is 72.5 Å². The van der Waals surface area contributed by atoms with Crippen molar-refractivity contribution in [3.8, 4) is 5.75 Å². The van der Waals surface area contributed by atoms with Crippen molar-refractivity contribution in [3.05, 3.63) is 30.3 Å². The smallest absolute Gasteiger partial charge is 0.319 e. The zero-order valence-corrected chi connectivity index (χ0v) is 18.0. The van der Waals surface area contributed by atoms with Crippen LogP contribution in [0, 0.1) is 17.8 Å². The largest absolute Gasteiger partial charge is 0.493 e. The molecule has 6 heteroatoms. The highest BCUT2D eigenvalue weighted by Gasteiger charge is 2.41. The van der Waals surface area contributed by atoms with Crippen LogP contribution >= 0.6 is 0 Å². The second kappa shape index (κ2) is 9.99. The number of ether oxygens (including phenoxy) is 1. The lowest BCUT2D eigenvalue weighted by Gasteiger charge is -2.36. The summed E-state index contributed by atoms with van der Waals surface area (Å²) in [7, 11) is 0. The molecule has 0 saturated carbocycles. The van der Waals surface area contributed by atoms with Crippen LogP contribution in [0.5, 0.6) is 5.75 Å². The molecule has 6 nitrogen and oxygen atoms in total. The van der Waals surface area contributed by atoms with Crippen LogP contribution in [0.2, 0.25) is 0 Å². The first-order valence-electron chi connectivity index (χ1n) is 11.0. The monoisotopic (exact) mass is 401 g/mol. The van der Waals surface area contributed by atoms with Gasteiger partial charge in [-0.15, -0.1) is 0 Å². The minimum Gasteiger partial charge on any atom is -0.493 e. The third-order valence-corrected chi connectivity index (χ3v) is 6.59. The number of amides is 3. The number of benzene rings is 1. The molecule has 0 N–H and O–H groups in total. The van der Waals surface area contributed by atoms with Crippen LogP contribution in [0.1, 0.15) is 33.6 Å². The Hall–Kier alpha value is -2.24. The van der Waals surface area contributed by atoms with Gasteiger partial charge in [0.15, 0.2) is 0 Å². The van der Waals surface area contributed by atoms with Crippen molar-refractivity contribution in [3.63, 3.8) is 0 Å². The quantitative estimate of drug-likeness (QED) is 0.735. The molecule has 29 heavy (non-hydrogen) atoms. The van der Waals surface area contributed by atoms with Crippen LogP contribution in [0.3, 0.4) is 0 Å². The van der Waals surface area contributed by atoms with Gasteiger partial charge >= 0.3 is 6.03 Å². The Labute approximate surface area is 174 Å². The maximum absolute atomic E-state index is 13.0. The molecule has 2 atom stereocenters. The predicted molar refractivity (Wildman–Crippen MR) is 114 cm³/mol.